The van der Waals surface area contributed by atoms with Gasteiger partial charge >= 0.3 is 5.97 Å². The van der Waals surface area contributed by atoms with Crippen molar-refractivity contribution in [3.63, 3.8) is 0 Å². The molecule has 2 aromatic rings. The van der Waals surface area contributed by atoms with Crippen molar-refractivity contribution in [3.8, 4) is 5.75 Å². The summed E-state index contributed by atoms with van der Waals surface area (Å²) in [6.07, 6.45) is 1.85. The molecule has 2 aromatic carbocycles. The first-order chi connectivity index (χ1) is 14.4. The number of nitrogens with one attached hydrogen (secondary N) is 2. The summed E-state index contributed by atoms with van der Waals surface area (Å²) in [5, 5.41) is 5.02. The zero-order valence-electron chi connectivity index (χ0n) is 16.6. The van der Waals surface area contributed by atoms with Crippen LogP contribution in [-0.2, 0) is 19.1 Å². The van der Waals surface area contributed by atoms with Crippen molar-refractivity contribution in [2.45, 2.75) is 11.8 Å². The molecule has 0 spiro atoms. The summed E-state index contributed by atoms with van der Waals surface area (Å²) in [5.74, 6) is -1.39. The van der Waals surface area contributed by atoms with Crippen LogP contribution in [0.1, 0.15) is 17.3 Å². The van der Waals surface area contributed by atoms with E-state index < -0.39 is 24.3 Å². The van der Waals surface area contributed by atoms with Crippen LogP contribution in [0.25, 0.3) is 0 Å². The number of hydrogen-bond acceptors (Lipinski definition) is 7. The first-order valence-electron chi connectivity index (χ1n) is 8.98. The van der Waals surface area contributed by atoms with Crippen LogP contribution < -0.4 is 15.4 Å². The van der Waals surface area contributed by atoms with Gasteiger partial charge in [-0.05, 0) is 30.5 Å². The van der Waals surface area contributed by atoms with E-state index in [1.165, 1.54) is 24.8 Å². The Labute approximate surface area is 178 Å². The third kappa shape index (κ3) is 7.59. The summed E-state index contributed by atoms with van der Waals surface area (Å²) in [6.45, 7) is 0.268. The van der Waals surface area contributed by atoms with E-state index in [0.29, 0.717) is 17.0 Å². The van der Waals surface area contributed by atoms with Gasteiger partial charge in [-0.2, -0.15) is 0 Å². The maximum atomic E-state index is 12.3. The van der Waals surface area contributed by atoms with Crippen LogP contribution in [0.4, 0.5) is 5.69 Å². The molecule has 0 fully saturated rings. The first kappa shape index (κ1) is 23.0. The zero-order valence-corrected chi connectivity index (χ0v) is 17.4. The summed E-state index contributed by atoms with van der Waals surface area (Å²) in [7, 11) is 0. The molecule has 0 aromatic heterocycles. The van der Waals surface area contributed by atoms with Crippen LogP contribution in [0, 0.1) is 0 Å². The van der Waals surface area contributed by atoms with Crippen molar-refractivity contribution in [2.75, 3.05) is 31.3 Å². The van der Waals surface area contributed by atoms with E-state index >= 15 is 0 Å². The number of rotatable bonds is 10. The van der Waals surface area contributed by atoms with Crippen molar-refractivity contribution < 1.29 is 28.7 Å². The molecule has 0 bridgehead atoms. The molecule has 9 heteroatoms. The second-order valence-electron chi connectivity index (χ2n) is 6.06. The minimum absolute atomic E-state index is 0.246. The average molecular weight is 430 g/mol. The highest BCUT2D eigenvalue weighted by Crippen LogP contribution is 2.26. The van der Waals surface area contributed by atoms with Gasteiger partial charge in [-0.15, -0.1) is 11.8 Å². The molecule has 158 valence electrons. The van der Waals surface area contributed by atoms with Gasteiger partial charge in [0.15, 0.2) is 19.0 Å². The Bertz CT molecular complexity index is 917. The van der Waals surface area contributed by atoms with E-state index in [-0.39, 0.29) is 19.1 Å². The van der Waals surface area contributed by atoms with Gasteiger partial charge < -0.3 is 20.1 Å². The summed E-state index contributed by atoms with van der Waals surface area (Å²) < 4.78 is 10.2. The lowest BCUT2D eigenvalue weighted by Crippen LogP contribution is -2.34. The number of thioether (sulfide) groups is 1. The maximum absolute atomic E-state index is 12.3. The van der Waals surface area contributed by atoms with E-state index in [1.807, 2.05) is 12.3 Å². The van der Waals surface area contributed by atoms with Gasteiger partial charge in [0, 0.05) is 17.4 Å². The number of carbonyl (C=O) groups is 4. The van der Waals surface area contributed by atoms with Crippen LogP contribution in [-0.4, -0.2) is 49.6 Å². The average Bonchev–Trinajstić information content (AvgIpc) is 2.74. The normalized spacial score (nSPS) is 10.1. The molecule has 2 amide bonds. The fourth-order valence-electron chi connectivity index (χ4n) is 2.34. The highest BCUT2D eigenvalue weighted by atomic mass is 32.2. The van der Waals surface area contributed by atoms with Crippen molar-refractivity contribution in [1.82, 2.24) is 5.32 Å². The lowest BCUT2D eigenvalue weighted by Gasteiger charge is -2.10. The largest absolute Gasteiger partial charge is 0.484 e. The maximum Gasteiger partial charge on any atom is 0.325 e. The molecule has 30 heavy (non-hydrogen) atoms. The highest BCUT2D eigenvalue weighted by molar-refractivity contribution is 7.98. The number of anilines is 1. The third-order valence-electron chi connectivity index (χ3n) is 3.74. The quantitative estimate of drug-likeness (QED) is 0.338. The topological polar surface area (TPSA) is 111 Å². The van der Waals surface area contributed by atoms with E-state index in [2.05, 4.69) is 10.6 Å². The van der Waals surface area contributed by atoms with Crippen LogP contribution >= 0.6 is 11.8 Å². The molecule has 0 saturated heterocycles. The predicted octanol–water partition coefficient (Wildman–Crippen LogP) is 2.29. The smallest absolute Gasteiger partial charge is 0.325 e. The number of benzene rings is 2. The molecule has 0 unspecified atom stereocenters. The predicted molar refractivity (Wildman–Crippen MR) is 113 cm³/mol. The Morgan fingerprint density at radius 2 is 1.73 bits per heavy atom. The van der Waals surface area contributed by atoms with Gasteiger partial charge in [0.25, 0.3) is 5.91 Å². The van der Waals surface area contributed by atoms with Crippen molar-refractivity contribution in [1.29, 1.82) is 0 Å². The lowest BCUT2D eigenvalue weighted by atomic mass is 10.1. The fraction of sp³-hybridized carbons (Fsp3) is 0.238. The van der Waals surface area contributed by atoms with Crippen LogP contribution in [0.15, 0.2) is 53.4 Å². The third-order valence-corrected chi connectivity index (χ3v) is 4.54. The molecular formula is C21H22N2O6S. The summed E-state index contributed by atoms with van der Waals surface area (Å²) in [4.78, 5) is 47.9. The second-order valence-corrected chi connectivity index (χ2v) is 6.91. The SMILES string of the molecule is CSc1ccc(C(=O)COC(=O)CNC(=O)COc2ccccc2)cc1NC(C)=O. The minimum Gasteiger partial charge on any atom is -0.484 e. The molecule has 2 N–H and O–H groups in total. The van der Waals surface area contributed by atoms with Gasteiger partial charge in [-0.1, -0.05) is 24.3 Å². The molecule has 0 heterocycles. The Morgan fingerprint density at radius 1 is 1.00 bits per heavy atom. The number of amides is 2. The molecule has 0 aliphatic carbocycles. The number of esters is 1. The number of carbonyl (C=O) groups excluding carboxylic acids is 4. The molecule has 8 nitrogen and oxygen atoms in total. The molecule has 0 saturated carbocycles. The van der Waals surface area contributed by atoms with E-state index in [9.17, 15) is 19.2 Å². The van der Waals surface area contributed by atoms with Crippen LogP contribution in [0.3, 0.4) is 0 Å². The van der Waals surface area contributed by atoms with Crippen LogP contribution in [0.2, 0.25) is 0 Å². The number of ether oxygens (including phenoxy) is 2. The van der Waals surface area contributed by atoms with Gasteiger partial charge in [-0.3, -0.25) is 19.2 Å². The summed E-state index contributed by atoms with van der Waals surface area (Å²) in [6, 6.07) is 13.6. The number of Topliss-reactive ketones (excluding diaryl/α,β-unsaturated/α-hetero) is 1. The standard InChI is InChI=1S/C21H22N2O6S/c1-14(24)23-17-10-15(8-9-19(17)30-2)18(25)12-29-21(27)11-22-20(26)13-28-16-6-4-3-5-7-16/h3-10H,11-13H2,1-2H3,(H,22,26)(H,23,24). The zero-order chi connectivity index (χ0) is 21.9. The number of hydrogen-bond donors (Lipinski definition) is 2. The number of para-hydroxylation sites is 1. The van der Waals surface area contributed by atoms with Gasteiger partial charge in [0.1, 0.15) is 12.3 Å². The Hall–Kier alpha value is -3.33. The minimum atomic E-state index is -0.751. The van der Waals surface area contributed by atoms with Gasteiger partial charge in [-0.25, -0.2) is 0 Å². The van der Waals surface area contributed by atoms with Crippen molar-refractivity contribution in [2.24, 2.45) is 0 Å². The molecular weight excluding hydrogens is 408 g/mol. The highest BCUT2D eigenvalue weighted by Gasteiger charge is 2.14. The molecule has 0 radical (unpaired) electrons. The Kier molecular flexibility index (Phi) is 8.89. The van der Waals surface area contributed by atoms with Crippen LogP contribution in [0.5, 0.6) is 5.75 Å². The van der Waals surface area contributed by atoms with E-state index in [4.69, 9.17) is 9.47 Å². The van der Waals surface area contributed by atoms with E-state index in [1.54, 1.807) is 36.4 Å². The summed E-state index contributed by atoms with van der Waals surface area (Å²) in [5.41, 5.74) is 0.808. The molecule has 0 aliphatic heterocycles. The van der Waals surface area contributed by atoms with Crippen molar-refractivity contribution in [3.05, 3.63) is 54.1 Å². The Morgan fingerprint density at radius 3 is 2.40 bits per heavy atom. The Balaban J connectivity index is 1.78. The number of ketones is 1. The second kappa shape index (κ2) is 11.6. The van der Waals surface area contributed by atoms with Crippen molar-refractivity contribution >= 4 is 41.0 Å². The molecule has 2 rings (SSSR count). The molecule has 0 aliphatic rings. The van der Waals surface area contributed by atoms with E-state index in [0.717, 1.165) is 4.90 Å². The van der Waals surface area contributed by atoms with Gasteiger partial charge in [0.2, 0.25) is 5.91 Å². The van der Waals surface area contributed by atoms with Gasteiger partial charge in [0.05, 0.1) is 5.69 Å². The monoisotopic (exact) mass is 430 g/mol. The first-order valence-corrected chi connectivity index (χ1v) is 10.2. The fourth-order valence-corrected chi connectivity index (χ4v) is 2.87. The lowest BCUT2D eigenvalue weighted by molar-refractivity contribution is -0.143. The summed E-state index contributed by atoms with van der Waals surface area (Å²) >= 11 is 1.43. The molecule has 0 atom stereocenters.